The van der Waals surface area contributed by atoms with Crippen LogP contribution < -0.4 is 5.56 Å². The lowest BCUT2D eigenvalue weighted by molar-refractivity contribution is 0.569. The molecule has 6 nitrogen and oxygen atoms in total. The molecule has 2 aromatic carbocycles. The van der Waals surface area contributed by atoms with Gasteiger partial charge >= 0.3 is 0 Å². The number of hydrogen-bond acceptors (Lipinski definition) is 6. The van der Waals surface area contributed by atoms with E-state index in [1.165, 1.54) is 22.9 Å². The molecule has 11 heteroatoms. The number of para-hydroxylation sites is 1. The molecule has 0 radical (unpaired) electrons. The summed E-state index contributed by atoms with van der Waals surface area (Å²) in [5.41, 5.74) is 3.89. The summed E-state index contributed by atoms with van der Waals surface area (Å²) in [5, 5.41) is -0.00836. The van der Waals surface area contributed by atoms with E-state index in [1.54, 1.807) is 31.3 Å². The van der Waals surface area contributed by atoms with Crippen molar-refractivity contribution in [1.82, 2.24) is 14.5 Å². The van der Waals surface area contributed by atoms with Gasteiger partial charge in [-0.05, 0) is 73.1 Å². The average molecular weight is 598 g/mol. The summed E-state index contributed by atoms with van der Waals surface area (Å²) in [6.07, 6.45) is 3.00. The summed E-state index contributed by atoms with van der Waals surface area (Å²) in [7, 11) is -3.91. The van der Waals surface area contributed by atoms with Gasteiger partial charge in [0.25, 0.3) is 5.56 Å². The number of aromatic nitrogens is 3. The average Bonchev–Trinajstić information content (AvgIpc) is 3.54. The number of halogens is 3. The van der Waals surface area contributed by atoms with E-state index in [0.717, 1.165) is 34.5 Å². The van der Waals surface area contributed by atoms with Crippen molar-refractivity contribution in [3.05, 3.63) is 104 Å². The monoisotopic (exact) mass is 597 g/mol. The van der Waals surface area contributed by atoms with Gasteiger partial charge in [0.2, 0.25) is 0 Å². The highest BCUT2D eigenvalue weighted by Gasteiger charge is 2.42. The van der Waals surface area contributed by atoms with E-state index in [0.29, 0.717) is 16.8 Å². The number of aryl methyl sites for hydroxylation is 2. The van der Waals surface area contributed by atoms with Crippen molar-refractivity contribution in [2.24, 2.45) is 0 Å². The van der Waals surface area contributed by atoms with Crippen molar-refractivity contribution < 1.29 is 17.2 Å². The Kier molecular flexibility index (Phi) is 6.40. The first-order valence-corrected chi connectivity index (χ1v) is 15.5. The van der Waals surface area contributed by atoms with Crippen LogP contribution in [0.2, 0.25) is 5.02 Å². The van der Waals surface area contributed by atoms with Gasteiger partial charge in [-0.15, -0.1) is 11.3 Å². The van der Waals surface area contributed by atoms with Crippen LogP contribution in [0.4, 0.5) is 8.78 Å². The van der Waals surface area contributed by atoms with Gasteiger partial charge < -0.3 is 0 Å². The highest BCUT2D eigenvalue weighted by atomic mass is 35.5. The van der Waals surface area contributed by atoms with Crippen molar-refractivity contribution in [2.75, 3.05) is 6.26 Å². The minimum atomic E-state index is -3.91. The Hall–Kier alpha value is -3.47. The molecular formula is C29H22ClF2N3O3S2. The van der Waals surface area contributed by atoms with Gasteiger partial charge in [0.15, 0.2) is 21.5 Å². The third-order valence-corrected chi connectivity index (χ3v) is 9.65. The summed E-state index contributed by atoms with van der Waals surface area (Å²) in [6, 6.07) is 11.5. The number of thiazole rings is 1. The van der Waals surface area contributed by atoms with Gasteiger partial charge in [-0.3, -0.25) is 14.3 Å². The van der Waals surface area contributed by atoms with E-state index < -0.39 is 37.6 Å². The van der Waals surface area contributed by atoms with Crippen LogP contribution in [0.3, 0.4) is 0 Å². The van der Waals surface area contributed by atoms with Gasteiger partial charge in [-0.1, -0.05) is 29.8 Å². The van der Waals surface area contributed by atoms with Crippen LogP contribution in [0, 0.1) is 25.5 Å². The molecule has 2 atom stereocenters. The molecule has 1 fully saturated rings. The molecule has 0 N–H and O–H groups in total. The lowest BCUT2D eigenvalue weighted by Gasteiger charge is -2.18. The van der Waals surface area contributed by atoms with Crippen LogP contribution >= 0.6 is 22.9 Å². The first kappa shape index (κ1) is 26.7. The molecule has 0 amide bonds. The van der Waals surface area contributed by atoms with Crippen LogP contribution in [0.25, 0.3) is 27.2 Å². The number of pyridine rings is 2. The number of hydrogen-bond donors (Lipinski definition) is 0. The summed E-state index contributed by atoms with van der Waals surface area (Å²) >= 11 is 8.22. The largest absolute Gasteiger partial charge is 0.277 e. The van der Waals surface area contributed by atoms with Gasteiger partial charge in [-0.2, -0.15) is 0 Å². The SMILES string of the molecule is Cc1cnc(-c2cccc(S(C)(=O)=O)c2F)c(F)c1-n1c(C)cc([C@H]2C[C@@H]2c2cccc3scnc23)c(Cl)c1=O. The Balaban J connectivity index is 1.45. The standard InChI is InChI=1S/C29H22ClF2N3O3S2/c1-14-12-33-27(17-7-5-9-22(24(17)31)40(3,37)38)25(32)28(14)35-15(2)10-20(23(30)29(35)36)19-11-18(19)16-6-4-8-21-26(16)34-13-39-21/h4-10,12-13,18-19H,11H2,1-3H3/t18-,19+/m1/s1. The number of fused-ring (bicyclic) bond motifs is 1. The van der Waals surface area contributed by atoms with E-state index in [4.69, 9.17) is 11.6 Å². The quantitative estimate of drug-likeness (QED) is 0.224. The molecule has 0 saturated heterocycles. The zero-order chi connectivity index (χ0) is 28.5. The Morgan fingerprint density at radius 2 is 1.75 bits per heavy atom. The second kappa shape index (κ2) is 9.57. The fourth-order valence-corrected chi connectivity index (χ4v) is 7.13. The zero-order valence-electron chi connectivity index (χ0n) is 21.6. The molecule has 5 aromatic rings. The molecule has 0 spiro atoms. The van der Waals surface area contributed by atoms with Gasteiger partial charge in [0.1, 0.15) is 15.6 Å². The van der Waals surface area contributed by atoms with Crippen molar-refractivity contribution in [1.29, 1.82) is 0 Å². The van der Waals surface area contributed by atoms with Gasteiger partial charge in [0.05, 0.1) is 21.4 Å². The Morgan fingerprint density at radius 1 is 1.02 bits per heavy atom. The highest BCUT2D eigenvalue weighted by Crippen LogP contribution is 2.57. The van der Waals surface area contributed by atoms with E-state index in [9.17, 15) is 13.2 Å². The first-order chi connectivity index (χ1) is 19.0. The van der Waals surface area contributed by atoms with E-state index in [-0.39, 0.29) is 28.1 Å². The third-order valence-electron chi connectivity index (χ3n) is 7.36. The number of benzene rings is 2. The lowest BCUT2D eigenvalue weighted by atomic mass is 10.0. The second-order valence-electron chi connectivity index (χ2n) is 10.0. The Morgan fingerprint density at radius 3 is 2.50 bits per heavy atom. The predicted octanol–water partition coefficient (Wildman–Crippen LogP) is 6.73. The molecule has 1 aliphatic rings. The molecule has 0 bridgehead atoms. The molecular weight excluding hydrogens is 576 g/mol. The minimum absolute atomic E-state index is 0.00836. The topological polar surface area (TPSA) is 81.9 Å². The number of rotatable bonds is 5. The highest BCUT2D eigenvalue weighted by molar-refractivity contribution is 7.90. The number of nitrogens with zero attached hydrogens (tertiary/aromatic N) is 3. The maximum Gasteiger partial charge on any atom is 0.274 e. The Bertz CT molecular complexity index is 2020. The van der Waals surface area contributed by atoms with Crippen LogP contribution in [0.1, 0.15) is 40.6 Å². The third kappa shape index (κ3) is 4.25. The van der Waals surface area contributed by atoms with E-state index >= 15 is 8.78 Å². The van der Waals surface area contributed by atoms with E-state index in [2.05, 4.69) is 9.97 Å². The van der Waals surface area contributed by atoms with Crippen LogP contribution in [-0.2, 0) is 9.84 Å². The normalized spacial score (nSPS) is 16.9. The van der Waals surface area contributed by atoms with Gasteiger partial charge in [0, 0.05) is 23.7 Å². The molecule has 3 heterocycles. The fourth-order valence-electron chi connectivity index (χ4n) is 5.38. The second-order valence-corrected chi connectivity index (χ2v) is 13.3. The molecule has 0 unspecified atom stereocenters. The molecule has 40 heavy (non-hydrogen) atoms. The number of sulfone groups is 1. The van der Waals surface area contributed by atoms with Crippen LogP contribution in [-0.4, -0.2) is 29.2 Å². The van der Waals surface area contributed by atoms with Crippen molar-refractivity contribution in [2.45, 2.75) is 37.0 Å². The molecule has 204 valence electrons. The summed E-state index contributed by atoms with van der Waals surface area (Å²) in [6.45, 7) is 3.27. The fraction of sp³-hybridized carbons (Fsp3) is 0.207. The maximum absolute atomic E-state index is 16.1. The van der Waals surface area contributed by atoms with Crippen molar-refractivity contribution >= 4 is 43.0 Å². The van der Waals surface area contributed by atoms with Crippen molar-refractivity contribution in [3.8, 4) is 16.9 Å². The van der Waals surface area contributed by atoms with Crippen molar-refractivity contribution in [3.63, 3.8) is 0 Å². The van der Waals surface area contributed by atoms with Crippen LogP contribution in [0.15, 0.2) is 63.9 Å². The molecule has 1 saturated carbocycles. The minimum Gasteiger partial charge on any atom is -0.277 e. The first-order valence-electron chi connectivity index (χ1n) is 12.4. The summed E-state index contributed by atoms with van der Waals surface area (Å²) in [5.74, 6) is -1.89. The Labute approximate surface area is 237 Å². The zero-order valence-corrected chi connectivity index (χ0v) is 24.0. The predicted molar refractivity (Wildman–Crippen MR) is 152 cm³/mol. The molecule has 1 aliphatic carbocycles. The molecule has 3 aromatic heterocycles. The molecule has 0 aliphatic heterocycles. The molecule has 6 rings (SSSR count). The van der Waals surface area contributed by atoms with E-state index in [1.807, 2.05) is 23.7 Å². The van der Waals surface area contributed by atoms with Crippen LogP contribution in [0.5, 0.6) is 0 Å². The lowest BCUT2D eigenvalue weighted by Crippen LogP contribution is -2.24. The van der Waals surface area contributed by atoms with Gasteiger partial charge in [-0.25, -0.2) is 22.2 Å². The summed E-state index contributed by atoms with van der Waals surface area (Å²) < 4.78 is 57.6. The maximum atomic E-state index is 16.1. The summed E-state index contributed by atoms with van der Waals surface area (Å²) in [4.78, 5) is 21.6. The smallest absolute Gasteiger partial charge is 0.274 e.